The van der Waals surface area contributed by atoms with Gasteiger partial charge in [-0.05, 0) is 42.9 Å². The molecule has 22 heavy (non-hydrogen) atoms. The zero-order valence-electron chi connectivity index (χ0n) is 12.2. The Hall–Kier alpha value is -1.81. The molecule has 114 valence electrons. The molecule has 0 N–H and O–H groups in total. The van der Waals surface area contributed by atoms with Gasteiger partial charge in [0.25, 0.3) is 0 Å². The van der Waals surface area contributed by atoms with Gasteiger partial charge in [-0.3, -0.25) is 9.59 Å². The minimum Gasteiger partial charge on any atom is -0.495 e. The van der Waals surface area contributed by atoms with Crippen LogP contribution in [-0.4, -0.2) is 18.9 Å². The van der Waals surface area contributed by atoms with Gasteiger partial charge in [-0.1, -0.05) is 23.8 Å². The van der Waals surface area contributed by atoms with E-state index < -0.39 is 0 Å². The van der Waals surface area contributed by atoms with E-state index in [1.807, 2.05) is 0 Å². The number of imide groups is 1. The van der Waals surface area contributed by atoms with Gasteiger partial charge >= 0.3 is 0 Å². The van der Waals surface area contributed by atoms with Gasteiger partial charge < -0.3 is 4.74 Å². The molecule has 0 aromatic heterocycles. The predicted molar refractivity (Wildman–Crippen MR) is 82.8 cm³/mol. The lowest BCUT2D eigenvalue weighted by Crippen LogP contribution is -2.38. The van der Waals surface area contributed by atoms with Crippen molar-refractivity contribution < 1.29 is 14.3 Å². The molecule has 1 saturated heterocycles. The average molecular weight is 318 g/mol. The lowest BCUT2D eigenvalue weighted by atomic mass is 9.63. The molecule has 1 aliphatic heterocycles. The molecular weight excluding hydrogens is 302 g/mol. The Morgan fingerprint density at radius 1 is 1.09 bits per heavy atom. The summed E-state index contributed by atoms with van der Waals surface area (Å²) in [6.45, 7) is 0. The van der Waals surface area contributed by atoms with Gasteiger partial charge in [0.15, 0.2) is 0 Å². The van der Waals surface area contributed by atoms with Crippen LogP contribution in [0.2, 0.25) is 5.02 Å². The van der Waals surface area contributed by atoms with Gasteiger partial charge in [-0.2, -0.15) is 0 Å². The fourth-order valence-corrected chi connectivity index (χ4v) is 4.32. The van der Waals surface area contributed by atoms with E-state index in [9.17, 15) is 9.59 Å². The molecule has 5 rings (SSSR count). The van der Waals surface area contributed by atoms with E-state index in [0.717, 1.165) is 12.8 Å². The molecule has 2 bridgehead atoms. The highest BCUT2D eigenvalue weighted by molar-refractivity contribution is 6.31. The lowest BCUT2D eigenvalue weighted by Gasteiger charge is -2.38. The number of methoxy groups -OCH3 is 1. The van der Waals surface area contributed by atoms with Crippen molar-refractivity contribution in [3.05, 3.63) is 35.4 Å². The van der Waals surface area contributed by atoms with E-state index in [1.54, 1.807) is 18.2 Å². The molecule has 1 aromatic carbocycles. The van der Waals surface area contributed by atoms with Crippen LogP contribution < -0.4 is 9.64 Å². The second-order valence-electron chi connectivity index (χ2n) is 6.17. The van der Waals surface area contributed by atoms with Crippen LogP contribution in [0.4, 0.5) is 5.69 Å². The number of fused-ring (bicyclic) bond motifs is 1. The van der Waals surface area contributed by atoms with Crippen molar-refractivity contribution in [2.45, 2.75) is 12.8 Å². The molecule has 4 nitrogen and oxygen atoms in total. The van der Waals surface area contributed by atoms with Crippen LogP contribution in [0.15, 0.2) is 30.4 Å². The molecule has 4 aliphatic rings. The summed E-state index contributed by atoms with van der Waals surface area (Å²) in [5, 5.41) is 0.479. The van der Waals surface area contributed by atoms with E-state index in [-0.39, 0.29) is 35.5 Å². The SMILES string of the molecule is COc1ccc(Cl)cc1N1C(=O)[C@@H]2[C@H](C1=O)[C@@H]1C=C[C@H]2CC1. The maximum absolute atomic E-state index is 12.9. The highest BCUT2D eigenvalue weighted by atomic mass is 35.5. The third-order valence-electron chi connectivity index (χ3n) is 5.14. The maximum Gasteiger partial charge on any atom is 0.238 e. The van der Waals surface area contributed by atoms with Crippen LogP contribution in [0, 0.1) is 23.7 Å². The molecule has 0 spiro atoms. The Kier molecular flexibility index (Phi) is 3.05. The fraction of sp³-hybridized carbons (Fsp3) is 0.412. The number of anilines is 1. The highest BCUT2D eigenvalue weighted by Gasteiger charge is 2.57. The van der Waals surface area contributed by atoms with Crippen molar-refractivity contribution in [3.63, 3.8) is 0 Å². The highest BCUT2D eigenvalue weighted by Crippen LogP contribution is 2.51. The second-order valence-corrected chi connectivity index (χ2v) is 6.61. The Labute approximate surface area is 133 Å². The Morgan fingerprint density at radius 2 is 1.68 bits per heavy atom. The topological polar surface area (TPSA) is 46.6 Å². The minimum absolute atomic E-state index is 0.116. The number of amides is 2. The molecule has 0 radical (unpaired) electrons. The van der Waals surface area contributed by atoms with Crippen molar-refractivity contribution in [2.24, 2.45) is 23.7 Å². The first-order valence-corrected chi connectivity index (χ1v) is 7.89. The molecular formula is C17H16ClNO3. The van der Waals surface area contributed by atoms with E-state index in [2.05, 4.69) is 12.2 Å². The van der Waals surface area contributed by atoms with E-state index >= 15 is 0 Å². The van der Waals surface area contributed by atoms with Gasteiger partial charge in [0.2, 0.25) is 11.8 Å². The molecule has 0 unspecified atom stereocenters. The molecule has 3 aliphatic carbocycles. The zero-order chi connectivity index (χ0) is 15.4. The van der Waals surface area contributed by atoms with Crippen molar-refractivity contribution >= 4 is 29.1 Å². The summed E-state index contributed by atoms with van der Waals surface area (Å²) >= 11 is 6.05. The Bertz CT molecular complexity index is 667. The largest absolute Gasteiger partial charge is 0.495 e. The second kappa shape index (κ2) is 4.85. The third kappa shape index (κ3) is 1.76. The Balaban J connectivity index is 1.80. The molecule has 1 heterocycles. The number of carbonyl (C=O) groups excluding carboxylic acids is 2. The summed E-state index contributed by atoms with van der Waals surface area (Å²) in [7, 11) is 1.52. The monoisotopic (exact) mass is 317 g/mol. The number of ether oxygens (including phenoxy) is 1. The summed E-state index contributed by atoms with van der Waals surface area (Å²) in [6.07, 6.45) is 6.20. The van der Waals surface area contributed by atoms with Crippen molar-refractivity contribution in [1.82, 2.24) is 0 Å². The molecule has 1 saturated carbocycles. The van der Waals surface area contributed by atoms with Crippen LogP contribution in [0.25, 0.3) is 0 Å². The zero-order valence-corrected chi connectivity index (χ0v) is 12.9. The van der Waals surface area contributed by atoms with Crippen molar-refractivity contribution in [1.29, 1.82) is 0 Å². The smallest absolute Gasteiger partial charge is 0.238 e. The molecule has 2 fully saturated rings. The lowest BCUT2D eigenvalue weighted by molar-refractivity contribution is -0.124. The van der Waals surface area contributed by atoms with Gasteiger partial charge in [-0.25, -0.2) is 4.90 Å². The standard InChI is InChI=1S/C17H16ClNO3/c1-22-13-7-6-11(18)8-12(13)19-16(20)14-9-2-3-10(5-4-9)15(14)17(19)21/h2-3,6-10,14-15H,4-5H2,1H3/t9-,10+,14-,15+. The van der Waals surface area contributed by atoms with Gasteiger partial charge in [0.1, 0.15) is 5.75 Å². The van der Waals surface area contributed by atoms with Crippen molar-refractivity contribution in [2.75, 3.05) is 12.0 Å². The first-order chi connectivity index (χ1) is 10.6. The summed E-state index contributed by atoms with van der Waals surface area (Å²) in [5.41, 5.74) is 0.457. The number of halogens is 1. The van der Waals surface area contributed by atoms with Gasteiger partial charge in [0, 0.05) is 5.02 Å². The first kappa shape index (κ1) is 13.8. The van der Waals surface area contributed by atoms with Crippen LogP contribution in [0.1, 0.15) is 12.8 Å². The van der Waals surface area contributed by atoms with E-state index in [1.165, 1.54) is 12.0 Å². The fourth-order valence-electron chi connectivity index (χ4n) is 4.15. The summed E-state index contributed by atoms with van der Waals surface area (Å²) in [6, 6.07) is 5.00. The molecule has 2 amide bonds. The van der Waals surface area contributed by atoms with Gasteiger partial charge in [-0.15, -0.1) is 0 Å². The normalized spacial score (nSPS) is 32.5. The maximum atomic E-state index is 12.9. The molecule has 5 heteroatoms. The van der Waals surface area contributed by atoms with Crippen molar-refractivity contribution in [3.8, 4) is 5.75 Å². The Morgan fingerprint density at radius 3 is 2.18 bits per heavy atom. The van der Waals surface area contributed by atoms with Crippen LogP contribution >= 0.6 is 11.6 Å². The summed E-state index contributed by atoms with van der Waals surface area (Å²) in [5.74, 6) is 0.178. The van der Waals surface area contributed by atoms with Crippen LogP contribution in [0.5, 0.6) is 5.75 Å². The number of hydrogen-bond donors (Lipinski definition) is 0. The summed E-state index contributed by atoms with van der Waals surface area (Å²) in [4.78, 5) is 27.1. The number of rotatable bonds is 2. The molecule has 4 atom stereocenters. The number of allylic oxidation sites excluding steroid dienone is 2. The first-order valence-electron chi connectivity index (χ1n) is 7.51. The number of benzene rings is 1. The number of nitrogens with zero attached hydrogens (tertiary/aromatic N) is 1. The van der Waals surface area contributed by atoms with E-state index in [4.69, 9.17) is 16.3 Å². The summed E-state index contributed by atoms with van der Waals surface area (Å²) < 4.78 is 5.31. The average Bonchev–Trinajstić information content (AvgIpc) is 2.82. The quantitative estimate of drug-likeness (QED) is 0.622. The van der Waals surface area contributed by atoms with E-state index in [0.29, 0.717) is 16.5 Å². The number of carbonyl (C=O) groups is 2. The van der Waals surface area contributed by atoms with Crippen LogP contribution in [0.3, 0.4) is 0 Å². The van der Waals surface area contributed by atoms with Crippen LogP contribution in [-0.2, 0) is 9.59 Å². The van der Waals surface area contributed by atoms with Gasteiger partial charge in [0.05, 0.1) is 24.6 Å². The minimum atomic E-state index is -0.222. The predicted octanol–water partition coefficient (Wildman–Crippen LogP) is 3.05. The number of hydrogen-bond acceptors (Lipinski definition) is 3. The molecule has 1 aromatic rings. The third-order valence-corrected chi connectivity index (χ3v) is 5.38.